The van der Waals surface area contributed by atoms with Crippen molar-refractivity contribution in [3.05, 3.63) is 59.7 Å². The molecule has 2 aromatic carbocycles. The largest absolute Gasteiger partial charge is 0.490 e. The van der Waals surface area contributed by atoms with Gasteiger partial charge in [0.05, 0.1) is 19.1 Å². The fourth-order valence-electron chi connectivity index (χ4n) is 3.05. The van der Waals surface area contributed by atoms with Crippen LogP contribution in [-0.2, 0) is 11.2 Å². The normalized spacial score (nSPS) is 11.8. The third kappa shape index (κ3) is 6.63. The predicted molar refractivity (Wildman–Crippen MR) is 108 cm³/mol. The van der Waals surface area contributed by atoms with Crippen molar-refractivity contribution in [3.8, 4) is 11.5 Å². The molecule has 1 atom stereocenters. The van der Waals surface area contributed by atoms with Crippen molar-refractivity contribution in [2.24, 2.45) is 0 Å². The quantitative estimate of drug-likeness (QED) is 0.504. The number of hydrogen-bond acceptors (Lipinski definition) is 3. The van der Waals surface area contributed by atoms with E-state index in [9.17, 15) is 9.90 Å². The second kappa shape index (κ2) is 11.3. The Morgan fingerprint density at radius 2 is 1.74 bits per heavy atom. The fourth-order valence-corrected chi connectivity index (χ4v) is 3.05. The molecule has 4 heteroatoms. The molecule has 0 saturated heterocycles. The van der Waals surface area contributed by atoms with Crippen LogP contribution in [0.25, 0.3) is 0 Å². The average molecular weight is 370 g/mol. The van der Waals surface area contributed by atoms with Crippen molar-refractivity contribution in [2.45, 2.75) is 51.9 Å². The Labute approximate surface area is 162 Å². The number of carboxylic acids is 1. The van der Waals surface area contributed by atoms with Crippen LogP contribution >= 0.6 is 0 Å². The number of hydrogen-bond donors (Lipinski definition) is 1. The molecule has 0 heterocycles. The fraction of sp³-hybridized carbons (Fsp3) is 0.435. The molecule has 1 N–H and O–H groups in total. The van der Waals surface area contributed by atoms with Crippen LogP contribution in [-0.4, -0.2) is 24.3 Å². The lowest BCUT2D eigenvalue weighted by molar-refractivity contribution is -0.138. The summed E-state index contributed by atoms with van der Waals surface area (Å²) < 4.78 is 11.6. The highest BCUT2D eigenvalue weighted by molar-refractivity contribution is 5.76. The first-order valence-electron chi connectivity index (χ1n) is 9.82. The van der Waals surface area contributed by atoms with E-state index < -0.39 is 11.9 Å². The third-order valence-corrected chi connectivity index (χ3v) is 4.50. The number of carbonyl (C=O) groups is 1. The van der Waals surface area contributed by atoms with E-state index in [1.807, 2.05) is 55.5 Å². The zero-order valence-electron chi connectivity index (χ0n) is 16.3. The van der Waals surface area contributed by atoms with Gasteiger partial charge in [-0.3, -0.25) is 4.79 Å². The molecule has 0 aliphatic heterocycles. The van der Waals surface area contributed by atoms with E-state index >= 15 is 0 Å². The summed E-state index contributed by atoms with van der Waals surface area (Å²) in [6, 6.07) is 15.1. The minimum atomic E-state index is -0.824. The number of ether oxygens (including phenoxy) is 2. The first kappa shape index (κ1) is 20.8. The zero-order chi connectivity index (χ0) is 19.5. The van der Waals surface area contributed by atoms with Crippen molar-refractivity contribution in [3.63, 3.8) is 0 Å². The summed E-state index contributed by atoms with van der Waals surface area (Å²) in [5.74, 6) is 0.00303. The van der Waals surface area contributed by atoms with E-state index in [0.717, 1.165) is 29.7 Å². The lowest BCUT2D eigenvalue weighted by Crippen LogP contribution is -2.14. The molecule has 0 aromatic heterocycles. The smallest absolute Gasteiger partial charge is 0.311 e. The van der Waals surface area contributed by atoms with Gasteiger partial charge in [-0.25, -0.2) is 0 Å². The molecular weight excluding hydrogens is 340 g/mol. The average Bonchev–Trinajstić information content (AvgIpc) is 2.68. The summed E-state index contributed by atoms with van der Waals surface area (Å²) in [5, 5.41) is 9.65. The van der Waals surface area contributed by atoms with Crippen molar-refractivity contribution < 1.29 is 19.4 Å². The van der Waals surface area contributed by atoms with Crippen molar-refractivity contribution in [2.75, 3.05) is 13.2 Å². The maximum absolute atomic E-state index is 11.8. The Morgan fingerprint density at radius 1 is 0.963 bits per heavy atom. The van der Waals surface area contributed by atoms with E-state index in [2.05, 4.69) is 6.92 Å². The lowest BCUT2D eigenvalue weighted by Gasteiger charge is -2.16. The topological polar surface area (TPSA) is 55.8 Å². The van der Waals surface area contributed by atoms with Crippen LogP contribution in [0, 0.1) is 0 Å². The maximum atomic E-state index is 11.8. The Bertz CT molecular complexity index is 697. The van der Waals surface area contributed by atoms with Crippen LogP contribution < -0.4 is 9.47 Å². The van der Waals surface area contributed by atoms with Gasteiger partial charge in [0.1, 0.15) is 0 Å². The van der Waals surface area contributed by atoms with Gasteiger partial charge in [-0.05, 0) is 43.0 Å². The summed E-state index contributed by atoms with van der Waals surface area (Å²) in [6.07, 6.45) is 5.02. The predicted octanol–water partition coefficient (Wildman–Crippen LogP) is 5.46. The molecule has 1 unspecified atom stereocenters. The van der Waals surface area contributed by atoms with Gasteiger partial charge in [0.15, 0.2) is 11.5 Å². The molecule has 0 bridgehead atoms. The molecule has 0 aliphatic carbocycles. The molecule has 4 nitrogen and oxygen atoms in total. The van der Waals surface area contributed by atoms with E-state index in [1.165, 1.54) is 12.8 Å². The molecule has 0 saturated carbocycles. The van der Waals surface area contributed by atoms with Gasteiger partial charge in [-0.2, -0.15) is 0 Å². The number of carboxylic acid groups (broad SMARTS) is 1. The SMILES string of the molecule is CCCCCCOc1ccc(CC(C(=O)O)c2ccccc2)cc1OCC. The van der Waals surface area contributed by atoms with Gasteiger partial charge in [-0.1, -0.05) is 62.6 Å². The van der Waals surface area contributed by atoms with E-state index in [-0.39, 0.29) is 0 Å². The molecule has 146 valence electrons. The number of aliphatic carboxylic acids is 1. The summed E-state index contributed by atoms with van der Waals surface area (Å²) in [5.41, 5.74) is 1.73. The molecule has 2 rings (SSSR count). The summed E-state index contributed by atoms with van der Waals surface area (Å²) in [6.45, 7) is 5.33. The van der Waals surface area contributed by atoms with Crippen LogP contribution in [0.1, 0.15) is 56.6 Å². The van der Waals surface area contributed by atoms with Crippen LogP contribution in [0.15, 0.2) is 48.5 Å². The number of unbranched alkanes of at least 4 members (excludes halogenated alkanes) is 3. The van der Waals surface area contributed by atoms with Crippen molar-refractivity contribution >= 4 is 5.97 Å². The second-order valence-electron chi connectivity index (χ2n) is 6.63. The van der Waals surface area contributed by atoms with E-state index in [0.29, 0.717) is 25.4 Å². The minimum Gasteiger partial charge on any atom is -0.490 e. The molecule has 27 heavy (non-hydrogen) atoms. The minimum absolute atomic E-state index is 0.413. The van der Waals surface area contributed by atoms with Crippen molar-refractivity contribution in [1.29, 1.82) is 0 Å². The van der Waals surface area contributed by atoms with Gasteiger partial charge in [0.2, 0.25) is 0 Å². The molecule has 0 radical (unpaired) electrons. The van der Waals surface area contributed by atoms with Crippen LogP contribution in [0.3, 0.4) is 0 Å². The molecular formula is C23H30O4. The summed E-state index contributed by atoms with van der Waals surface area (Å²) in [7, 11) is 0. The summed E-state index contributed by atoms with van der Waals surface area (Å²) >= 11 is 0. The second-order valence-corrected chi connectivity index (χ2v) is 6.63. The lowest BCUT2D eigenvalue weighted by atomic mass is 9.92. The summed E-state index contributed by atoms with van der Waals surface area (Å²) in [4.78, 5) is 11.8. The van der Waals surface area contributed by atoms with Gasteiger partial charge < -0.3 is 14.6 Å². The Hall–Kier alpha value is -2.49. The first-order chi connectivity index (χ1) is 13.2. The molecule has 0 spiro atoms. The van der Waals surface area contributed by atoms with Gasteiger partial charge in [0.25, 0.3) is 0 Å². The van der Waals surface area contributed by atoms with Gasteiger partial charge in [-0.15, -0.1) is 0 Å². The standard InChI is InChI=1S/C23H30O4/c1-3-5-6-10-15-27-21-14-13-18(17-22(21)26-4-2)16-20(23(24)25)19-11-8-7-9-12-19/h7-9,11-14,17,20H,3-6,10,15-16H2,1-2H3,(H,24,25). The highest BCUT2D eigenvalue weighted by atomic mass is 16.5. The zero-order valence-corrected chi connectivity index (χ0v) is 16.3. The van der Waals surface area contributed by atoms with E-state index in [4.69, 9.17) is 9.47 Å². The molecule has 0 amide bonds. The van der Waals surface area contributed by atoms with Crippen molar-refractivity contribution in [1.82, 2.24) is 0 Å². The van der Waals surface area contributed by atoms with Gasteiger partial charge >= 0.3 is 5.97 Å². The maximum Gasteiger partial charge on any atom is 0.311 e. The number of rotatable bonds is 12. The molecule has 0 aliphatic rings. The van der Waals surface area contributed by atoms with Gasteiger partial charge in [0, 0.05) is 0 Å². The highest BCUT2D eigenvalue weighted by Gasteiger charge is 2.21. The first-order valence-corrected chi connectivity index (χ1v) is 9.82. The number of benzene rings is 2. The molecule has 0 fully saturated rings. The Balaban J connectivity index is 2.10. The molecule has 2 aromatic rings. The highest BCUT2D eigenvalue weighted by Crippen LogP contribution is 2.31. The van der Waals surface area contributed by atoms with Crippen LogP contribution in [0.5, 0.6) is 11.5 Å². The van der Waals surface area contributed by atoms with Crippen LogP contribution in [0.4, 0.5) is 0 Å². The Morgan fingerprint density at radius 3 is 2.41 bits per heavy atom. The monoisotopic (exact) mass is 370 g/mol. The Kier molecular flexibility index (Phi) is 8.69. The third-order valence-electron chi connectivity index (χ3n) is 4.50. The van der Waals surface area contributed by atoms with Crippen LogP contribution in [0.2, 0.25) is 0 Å². The van der Waals surface area contributed by atoms with E-state index in [1.54, 1.807) is 0 Å².